The molecule has 6 heteroatoms. The van der Waals surface area contributed by atoms with Crippen LogP contribution in [0, 0.1) is 0 Å². The van der Waals surface area contributed by atoms with Gasteiger partial charge in [-0.05, 0) is 47.8 Å². The minimum absolute atomic E-state index is 0.0491. The normalized spacial score (nSPS) is 10.6. The second-order valence-corrected chi connectivity index (χ2v) is 6.00. The zero-order chi connectivity index (χ0) is 11.0. The highest BCUT2D eigenvalue weighted by atomic mass is 79.9. The molecule has 0 aliphatic rings. The van der Waals surface area contributed by atoms with E-state index in [4.69, 9.17) is 4.42 Å². The summed E-state index contributed by atoms with van der Waals surface area (Å²) >= 11 is 11.2. The monoisotopic (exact) mass is 412 g/mol. The Labute approximate surface area is 115 Å². The molecule has 2 aromatic heterocycles. The summed E-state index contributed by atoms with van der Waals surface area (Å²) in [5.74, 6) is -0.0491. The minimum Gasteiger partial charge on any atom is -0.457 e. The summed E-state index contributed by atoms with van der Waals surface area (Å²) in [6.07, 6.45) is 1.44. The molecule has 2 heterocycles. The molecule has 78 valence electrons. The van der Waals surface area contributed by atoms with Gasteiger partial charge >= 0.3 is 0 Å². The SMILES string of the molecule is O=C(c1coc(Br)c1)c1scc(Br)c1Br. The van der Waals surface area contributed by atoms with Crippen molar-refractivity contribution in [2.24, 2.45) is 0 Å². The number of rotatable bonds is 2. The number of hydrogen-bond donors (Lipinski definition) is 0. The maximum atomic E-state index is 12.0. The molecule has 0 saturated carbocycles. The zero-order valence-corrected chi connectivity index (χ0v) is 12.7. The highest BCUT2D eigenvalue weighted by Crippen LogP contribution is 2.34. The van der Waals surface area contributed by atoms with Gasteiger partial charge in [0.05, 0.1) is 14.9 Å². The summed E-state index contributed by atoms with van der Waals surface area (Å²) in [6, 6.07) is 1.66. The first-order chi connectivity index (χ1) is 7.09. The topological polar surface area (TPSA) is 30.2 Å². The van der Waals surface area contributed by atoms with Crippen molar-refractivity contribution in [1.29, 1.82) is 0 Å². The highest BCUT2D eigenvalue weighted by Gasteiger charge is 2.18. The molecule has 0 amide bonds. The molecule has 0 aromatic carbocycles. The lowest BCUT2D eigenvalue weighted by Gasteiger charge is -1.93. The van der Waals surface area contributed by atoms with Gasteiger partial charge in [0.25, 0.3) is 0 Å². The first-order valence-corrected chi connectivity index (χ1v) is 7.06. The lowest BCUT2D eigenvalue weighted by Crippen LogP contribution is -1.96. The minimum atomic E-state index is -0.0491. The van der Waals surface area contributed by atoms with Gasteiger partial charge < -0.3 is 4.42 Å². The number of thiophene rings is 1. The van der Waals surface area contributed by atoms with E-state index in [0.717, 1.165) is 8.95 Å². The number of carbonyl (C=O) groups excluding carboxylic acids is 1. The van der Waals surface area contributed by atoms with Gasteiger partial charge in [-0.15, -0.1) is 11.3 Å². The summed E-state index contributed by atoms with van der Waals surface area (Å²) in [5, 5.41) is 1.87. The fourth-order valence-corrected chi connectivity index (χ4v) is 3.49. The number of carbonyl (C=O) groups is 1. The van der Waals surface area contributed by atoms with Crippen LogP contribution in [0.5, 0.6) is 0 Å². The van der Waals surface area contributed by atoms with Gasteiger partial charge in [0.15, 0.2) is 4.67 Å². The van der Waals surface area contributed by atoms with Gasteiger partial charge in [-0.2, -0.15) is 0 Å². The Hall–Kier alpha value is 0.0900. The summed E-state index contributed by atoms with van der Waals surface area (Å²) in [7, 11) is 0. The van der Waals surface area contributed by atoms with E-state index in [2.05, 4.69) is 47.8 Å². The molecule has 2 aromatic rings. The van der Waals surface area contributed by atoms with E-state index in [1.165, 1.54) is 17.6 Å². The molecule has 0 unspecified atom stereocenters. The molecule has 2 rings (SSSR count). The van der Waals surface area contributed by atoms with Gasteiger partial charge in [0.1, 0.15) is 6.26 Å². The van der Waals surface area contributed by atoms with Crippen LogP contribution in [-0.2, 0) is 0 Å². The molecule has 0 spiro atoms. The largest absolute Gasteiger partial charge is 0.457 e. The van der Waals surface area contributed by atoms with Crippen LogP contribution in [0.3, 0.4) is 0 Å². The Morgan fingerprint density at radius 1 is 1.33 bits per heavy atom. The van der Waals surface area contributed by atoms with Crippen molar-refractivity contribution in [3.05, 3.63) is 41.8 Å². The molecule has 15 heavy (non-hydrogen) atoms. The lowest BCUT2D eigenvalue weighted by molar-refractivity contribution is 0.104. The fraction of sp³-hybridized carbons (Fsp3) is 0. The van der Waals surface area contributed by atoms with Crippen molar-refractivity contribution in [1.82, 2.24) is 0 Å². The Balaban J connectivity index is 2.41. The van der Waals surface area contributed by atoms with Crippen molar-refractivity contribution in [2.75, 3.05) is 0 Å². The van der Waals surface area contributed by atoms with E-state index >= 15 is 0 Å². The van der Waals surface area contributed by atoms with E-state index in [1.54, 1.807) is 6.07 Å². The quantitative estimate of drug-likeness (QED) is 0.657. The standard InChI is InChI=1S/C9H3Br3O2S/c10-5-3-15-9(7(5)12)8(13)4-1-6(11)14-2-4/h1-3H. The summed E-state index contributed by atoms with van der Waals surface area (Å²) in [5.41, 5.74) is 0.539. The van der Waals surface area contributed by atoms with E-state index < -0.39 is 0 Å². The zero-order valence-electron chi connectivity index (χ0n) is 7.09. The molecule has 0 bridgehead atoms. The molecule has 0 aliphatic carbocycles. The number of halogens is 3. The fourth-order valence-electron chi connectivity index (χ4n) is 1.04. The summed E-state index contributed by atoms with van der Waals surface area (Å²) < 4.78 is 7.25. The molecule has 0 aliphatic heterocycles. The molecule has 0 N–H and O–H groups in total. The van der Waals surface area contributed by atoms with Crippen molar-refractivity contribution >= 4 is 64.9 Å². The number of ketones is 1. The smallest absolute Gasteiger partial charge is 0.207 e. The molecule has 0 radical (unpaired) electrons. The van der Waals surface area contributed by atoms with Crippen LogP contribution in [0.4, 0.5) is 0 Å². The first kappa shape index (κ1) is 11.6. The average Bonchev–Trinajstić information content (AvgIpc) is 2.75. The Kier molecular flexibility index (Phi) is 3.49. The Morgan fingerprint density at radius 2 is 2.07 bits per heavy atom. The predicted octanol–water partition coefficient (Wildman–Crippen LogP) is 4.86. The molecule has 2 nitrogen and oxygen atoms in total. The summed E-state index contributed by atoms with van der Waals surface area (Å²) in [6.45, 7) is 0. The molecular formula is C9H3Br3O2S. The van der Waals surface area contributed by atoms with Gasteiger partial charge in [-0.25, -0.2) is 0 Å². The van der Waals surface area contributed by atoms with Crippen LogP contribution in [0.1, 0.15) is 15.2 Å². The van der Waals surface area contributed by atoms with E-state index in [9.17, 15) is 4.79 Å². The van der Waals surface area contributed by atoms with Gasteiger partial charge in [0.2, 0.25) is 5.78 Å². The van der Waals surface area contributed by atoms with Gasteiger partial charge in [-0.1, -0.05) is 0 Å². The van der Waals surface area contributed by atoms with Crippen molar-refractivity contribution in [2.45, 2.75) is 0 Å². The van der Waals surface area contributed by atoms with Crippen molar-refractivity contribution in [3.63, 3.8) is 0 Å². The maximum Gasteiger partial charge on any atom is 0.207 e. The van der Waals surface area contributed by atoms with Crippen LogP contribution in [-0.4, -0.2) is 5.78 Å². The van der Waals surface area contributed by atoms with Crippen molar-refractivity contribution < 1.29 is 9.21 Å². The number of hydrogen-bond acceptors (Lipinski definition) is 3. The third-order valence-electron chi connectivity index (χ3n) is 1.73. The molecular weight excluding hydrogens is 412 g/mol. The second-order valence-electron chi connectivity index (χ2n) is 2.70. The third kappa shape index (κ3) is 2.27. The second kappa shape index (κ2) is 4.53. The van der Waals surface area contributed by atoms with Crippen molar-refractivity contribution in [3.8, 4) is 0 Å². The number of furan rings is 1. The van der Waals surface area contributed by atoms with E-state index in [0.29, 0.717) is 15.1 Å². The first-order valence-electron chi connectivity index (χ1n) is 3.81. The van der Waals surface area contributed by atoms with Gasteiger partial charge in [-0.3, -0.25) is 4.79 Å². The lowest BCUT2D eigenvalue weighted by atomic mass is 10.2. The molecule has 0 fully saturated rings. The maximum absolute atomic E-state index is 12.0. The molecule has 0 saturated heterocycles. The Morgan fingerprint density at radius 3 is 2.53 bits per heavy atom. The molecule has 0 atom stereocenters. The Bertz CT molecular complexity index is 515. The van der Waals surface area contributed by atoms with Crippen LogP contribution in [0.25, 0.3) is 0 Å². The van der Waals surface area contributed by atoms with Crippen LogP contribution >= 0.6 is 59.1 Å². The average molecular weight is 415 g/mol. The predicted molar refractivity (Wildman–Crippen MR) is 69.6 cm³/mol. The van der Waals surface area contributed by atoms with E-state index in [-0.39, 0.29) is 5.78 Å². The van der Waals surface area contributed by atoms with Crippen LogP contribution in [0.2, 0.25) is 0 Å². The van der Waals surface area contributed by atoms with Crippen LogP contribution in [0.15, 0.2) is 35.7 Å². The van der Waals surface area contributed by atoms with E-state index in [1.807, 2.05) is 5.38 Å². The van der Waals surface area contributed by atoms with Crippen LogP contribution < -0.4 is 0 Å². The van der Waals surface area contributed by atoms with Gasteiger partial charge in [0, 0.05) is 15.9 Å². The third-order valence-corrected chi connectivity index (χ3v) is 5.67. The highest BCUT2D eigenvalue weighted by molar-refractivity contribution is 9.13. The summed E-state index contributed by atoms with van der Waals surface area (Å²) in [4.78, 5) is 12.6.